The summed E-state index contributed by atoms with van der Waals surface area (Å²) in [6.07, 6.45) is 1.75. The predicted octanol–water partition coefficient (Wildman–Crippen LogP) is 5.77. The van der Waals surface area contributed by atoms with Crippen LogP contribution in [-0.2, 0) is 14.3 Å². The number of esters is 1. The Morgan fingerprint density at radius 1 is 1.03 bits per heavy atom. The molecule has 6 heteroatoms. The summed E-state index contributed by atoms with van der Waals surface area (Å²) < 4.78 is 16.7. The van der Waals surface area contributed by atoms with E-state index in [1.54, 1.807) is 13.0 Å². The third-order valence-corrected chi connectivity index (χ3v) is 6.45. The summed E-state index contributed by atoms with van der Waals surface area (Å²) >= 11 is 1.91. The molecule has 0 radical (unpaired) electrons. The van der Waals surface area contributed by atoms with Crippen molar-refractivity contribution in [3.05, 3.63) is 72.0 Å². The number of hydrogen-bond donors (Lipinski definition) is 0. The molecule has 0 aliphatic carbocycles. The zero-order valence-corrected chi connectivity index (χ0v) is 19.9. The number of anilines is 1. The topological polar surface area (TPSA) is 48.0 Å². The predicted molar refractivity (Wildman–Crippen MR) is 135 cm³/mol. The van der Waals surface area contributed by atoms with Crippen LogP contribution in [0.25, 0.3) is 16.8 Å². The highest BCUT2D eigenvalue weighted by atomic mass is 32.2. The van der Waals surface area contributed by atoms with Gasteiger partial charge in [-0.1, -0.05) is 36.4 Å². The van der Waals surface area contributed by atoms with Crippen LogP contribution in [0.2, 0.25) is 0 Å². The van der Waals surface area contributed by atoms with Crippen LogP contribution in [0.5, 0.6) is 5.75 Å². The summed E-state index contributed by atoms with van der Waals surface area (Å²) in [7, 11) is 0. The van der Waals surface area contributed by atoms with Crippen molar-refractivity contribution in [1.29, 1.82) is 0 Å². The molecule has 4 rings (SSSR count). The van der Waals surface area contributed by atoms with Crippen molar-refractivity contribution in [2.75, 3.05) is 43.6 Å². The van der Waals surface area contributed by atoms with Crippen molar-refractivity contribution < 1.29 is 19.0 Å². The third kappa shape index (κ3) is 5.63. The molecule has 0 atom stereocenters. The van der Waals surface area contributed by atoms with Crippen molar-refractivity contribution >= 4 is 40.3 Å². The lowest BCUT2D eigenvalue weighted by atomic mass is 10.0. The Labute approximate surface area is 199 Å². The van der Waals surface area contributed by atoms with E-state index in [0.29, 0.717) is 19.8 Å². The van der Waals surface area contributed by atoms with E-state index in [-0.39, 0.29) is 5.76 Å². The lowest BCUT2D eigenvalue weighted by molar-refractivity contribution is -0.142. The van der Waals surface area contributed by atoms with Gasteiger partial charge in [-0.25, -0.2) is 4.79 Å². The number of carbonyl (C=O) groups excluding carboxylic acids is 1. The van der Waals surface area contributed by atoms with Gasteiger partial charge in [0.25, 0.3) is 0 Å². The molecular weight excluding hydrogens is 434 g/mol. The number of para-hydroxylation sites is 1. The van der Waals surface area contributed by atoms with Gasteiger partial charge in [0, 0.05) is 17.2 Å². The average Bonchev–Trinajstić information content (AvgIpc) is 2.84. The largest absolute Gasteiger partial charge is 0.492 e. The number of hydrogen-bond acceptors (Lipinski definition) is 6. The van der Waals surface area contributed by atoms with E-state index in [9.17, 15) is 4.79 Å². The van der Waals surface area contributed by atoms with Crippen molar-refractivity contribution in [2.45, 2.75) is 18.7 Å². The van der Waals surface area contributed by atoms with Gasteiger partial charge in [-0.3, -0.25) is 0 Å². The van der Waals surface area contributed by atoms with E-state index in [1.165, 1.54) is 10.6 Å². The van der Waals surface area contributed by atoms with Crippen LogP contribution in [0.3, 0.4) is 0 Å². The summed E-state index contributed by atoms with van der Waals surface area (Å²) in [5.74, 6) is 1.69. The summed E-state index contributed by atoms with van der Waals surface area (Å²) in [5, 5.41) is 2.06. The number of nitrogens with zero attached hydrogens (tertiary/aromatic N) is 1. The van der Waals surface area contributed by atoms with E-state index in [0.717, 1.165) is 40.9 Å². The van der Waals surface area contributed by atoms with Crippen LogP contribution in [0.4, 0.5) is 5.69 Å². The standard InChI is InChI=1S/C27H29NO4S/c1-3-30-25(27(29)31-4-2)19-21-9-7-8-20-18-22(12-13-23(20)21)32-16-14-28-15-17-33-26-11-6-5-10-24(26)28/h5-13,18-19H,3-4,14-17H2,1-2H3/b25-19-. The van der Waals surface area contributed by atoms with Crippen LogP contribution in [0, 0.1) is 0 Å². The Morgan fingerprint density at radius 2 is 1.88 bits per heavy atom. The summed E-state index contributed by atoms with van der Waals surface area (Å²) in [6, 6.07) is 20.6. The molecule has 0 fully saturated rings. The van der Waals surface area contributed by atoms with E-state index in [4.69, 9.17) is 14.2 Å². The van der Waals surface area contributed by atoms with Crippen LogP contribution < -0.4 is 9.64 Å². The number of thioether (sulfide) groups is 1. The lowest BCUT2D eigenvalue weighted by Crippen LogP contribution is -2.33. The van der Waals surface area contributed by atoms with Crippen LogP contribution in [0.15, 0.2) is 71.3 Å². The highest BCUT2D eigenvalue weighted by Gasteiger charge is 2.16. The first-order chi connectivity index (χ1) is 16.2. The molecule has 0 unspecified atom stereocenters. The van der Waals surface area contributed by atoms with Gasteiger partial charge in [-0.2, -0.15) is 0 Å². The van der Waals surface area contributed by atoms with Gasteiger partial charge in [0.2, 0.25) is 5.76 Å². The van der Waals surface area contributed by atoms with Gasteiger partial charge < -0.3 is 19.1 Å². The second kappa shape index (κ2) is 11.1. The van der Waals surface area contributed by atoms with Gasteiger partial charge in [0.15, 0.2) is 0 Å². The van der Waals surface area contributed by atoms with E-state index in [1.807, 2.05) is 55.1 Å². The first-order valence-electron chi connectivity index (χ1n) is 11.3. The Morgan fingerprint density at radius 3 is 2.73 bits per heavy atom. The number of ether oxygens (including phenoxy) is 3. The minimum atomic E-state index is -0.450. The van der Waals surface area contributed by atoms with Gasteiger partial charge in [-0.15, -0.1) is 11.8 Å². The van der Waals surface area contributed by atoms with Crippen molar-refractivity contribution in [3.8, 4) is 5.75 Å². The minimum absolute atomic E-state index is 0.215. The Balaban J connectivity index is 1.47. The lowest BCUT2D eigenvalue weighted by Gasteiger charge is -2.30. The quantitative estimate of drug-likeness (QED) is 0.228. The fraction of sp³-hybridized carbons (Fsp3) is 0.296. The highest BCUT2D eigenvalue weighted by molar-refractivity contribution is 7.99. The molecule has 0 aromatic heterocycles. The number of fused-ring (bicyclic) bond motifs is 2. The monoisotopic (exact) mass is 463 g/mol. The van der Waals surface area contributed by atoms with E-state index in [2.05, 4.69) is 29.2 Å². The Bertz CT molecular complexity index is 1140. The molecule has 33 heavy (non-hydrogen) atoms. The summed E-state index contributed by atoms with van der Waals surface area (Å²) in [6.45, 7) is 6.82. The first-order valence-corrected chi connectivity index (χ1v) is 12.3. The molecular formula is C27H29NO4S. The fourth-order valence-electron chi connectivity index (χ4n) is 3.89. The molecule has 0 N–H and O–H groups in total. The summed E-state index contributed by atoms with van der Waals surface area (Å²) in [5.41, 5.74) is 2.19. The first kappa shape index (κ1) is 23.1. The maximum atomic E-state index is 12.2. The van der Waals surface area contributed by atoms with Crippen LogP contribution >= 0.6 is 11.8 Å². The minimum Gasteiger partial charge on any atom is -0.492 e. The maximum absolute atomic E-state index is 12.2. The third-order valence-electron chi connectivity index (χ3n) is 5.40. The zero-order valence-electron chi connectivity index (χ0n) is 19.1. The maximum Gasteiger partial charge on any atom is 0.373 e. The van der Waals surface area contributed by atoms with Gasteiger partial charge >= 0.3 is 5.97 Å². The molecule has 5 nitrogen and oxygen atoms in total. The highest BCUT2D eigenvalue weighted by Crippen LogP contribution is 2.34. The normalized spacial score (nSPS) is 13.5. The molecule has 1 heterocycles. The second-order valence-corrected chi connectivity index (χ2v) is 8.68. The summed E-state index contributed by atoms with van der Waals surface area (Å²) in [4.78, 5) is 15.9. The smallest absolute Gasteiger partial charge is 0.373 e. The van der Waals surface area contributed by atoms with Gasteiger partial charge in [0.1, 0.15) is 12.4 Å². The Hall–Kier alpha value is -3.12. The van der Waals surface area contributed by atoms with Crippen LogP contribution in [-0.4, -0.2) is 44.6 Å². The van der Waals surface area contributed by atoms with Crippen molar-refractivity contribution in [1.82, 2.24) is 0 Å². The molecule has 1 aliphatic heterocycles. The van der Waals surface area contributed by atoms with E-state index < -0.39 is 5.97 Å². The molecule has 1 aliphatic rings. The molecule has 0 saturated carbocycles. The van der Waals surface area contributed by atoms with Crippen LogP contribution in [0.1, 0.15) is 19.4 Å². The number of benzene rings is 3. The van der Waals surface area contributed by atoms with Gasteiger partial charge in [-0.05, 0) is 60.5 Å². The molecule has 3 aromatic rings. The molecule has 172 valence electrons. The molecule has 3 aromatic carbocycles. The number of rotatable bonds is 9. The Kier molecular flexibility index (Phi) is 7.79. The molecule has 0 amide bonds. The molecule has 0 spiro atoms. The molecule has 0 saturated heterocycles. The number of carbonyl (C=O) groups is 1. The molecule has 0 bridgehead atoms. The fourth-order valence-corrected chi connectivity index (χ4v) is 4.95. The van der Waals surface area contributed by atoms with Crippen molar-refractivity contribution in [3.63, 3.8) is 0 Å². The SMILES string of the molecule is CCOC(=O)/C(=C/c1cccc2cc(OCCN3CCSc4ccccc43)ccc12)OCC. The zero-order chi connectivity index (χ0) is 23.0. The second-order valence-electron chi connectivity index (χ2n) is 7.54. The van der Waals surface area contributed by atoms with Gasteiger partial charge in [0.05, 0.1) is 25.4 Å². The average molecular weight is 464 g/mol. The van der Waals surface area contributed by atoms with E-state index >= 15 is 0 Å². The van der Waals surface area contributed by atoms with Crippen molar-refractivity contribution in [2.24, 2.45) is 0 Å².